The van der Waals surface area contributed by atoms with Crippen molar-refractivity contribution in [2.45, 2.75) is 335 Å². The third kappa shape index (κ3) is 25.0. The van der Waals surface area contributed by atoms with Gasteiger partial charge < -0.3 is 32.6 Å². The number of hydrogen-bond acceptors (Lipinski definition) is 4. The molecular formula is C138H177N9. The predicted octanol–water partition coefficient (Wildman–Crippen LogP) is 38.3. The van der Waals surface area contributed by atoms with Crippen molar-refractivity contribution in [1.82, 2.24) is 37.5 Å². The van der Waals surface area contributed by atoms with Gasteiger partial charge in [0.2, 0.25) is 0 Å². The molecule has 0 bridgehead atoms. The van der Waals surface area contributed by atoms with Crippen molar-refractivity contribution in [3.63, 3.8) is 0 Å². The number of rotatable bonds is 11. The van der Waals surface area contributed by atoms with Crippen LogP contribution in [0.4, 0.5) is 5.69 Å². The van der Waals surface area contributed by atoms with E-state index >= 15 is 0 Å². The highest BCUT2D eigenvalue weighted by Gasteiger charge is 2.43. The molecule has 6 heterocycles. The lowest BCUT2D eigenvalue weighted by atomic mass is 9.79. The Hall–Kier alpha value is -12.2. The third-order valence-electron chi connectivity index (χ3n) is 29.6. The minimum atomic E-state index is -0.0598. The topological polar surface area (TPSA) is 37.6 Å². The minimum absolute atomic E-state index is 0.00964. The van der Waals surface area contributed by atoms with Crippen LogP contribution >= 0.6 is 0 Å². The molecular weight excluding hydrogens is 1780 g/mol. The van der Waals surface area contributed by atoms with Gasteiger partial charge in [-0.25, -0.2) is 0 Å². The molecule has 774 valence electrons. The molecule has 0 atom stereocenters. The zero-order valence-corrected chi connectivity index (χ0v) is 96.8. The average Bonchev–Trinajstić information content (AvgIpc) is 1.58. The predicted molar refractivity (Wildman–Crippen MR) is 651 cm³/mol. The van der Waals surface area contributed by atoms with Gasteiger partial charge >= 0.3 is 0 Å². The number of piperidine rings is 1. The molecule has 20 rings (SSSR count). The zero-order valence-electron chi connectivity index (χ0n) is 96.8. The fourth-order valence-electron chi connectivity index (χ4n) is 22.9. The lowest BCUT2D eigenvalue weighted by molar-refractivity contribution is -0.0508. The molecule has 1 aliphatic heterocycles. The SMILES string of the molecule is CC(C)(C)c1ccc2c(c1)c1cc(C(C)(C)C)ccc1n2C(C)(C)C.CC(C)(C)n1c2c(-c3ccccc3)cccc2c2cccc(-c3ccccc3)c21.CC(C)(C)n1c2ccccc2c2cc(-n3c4ccccc4c4ccccc43)ccc21.CC(C)(C)n1c2ccccc2c2cccc(-c3ccccc3)c21.CC(C)N(C(C)C)C(C)C.CC(C)N(C)C.CC(C)N(C)c1ccccc1.CC(C)N1C(C)(C)CCCC1(C)C. The lowest BCUT2D eigenvalue weighted by Crippen LogP contribution is -2.61. The van der Waals surface area contributed by atoms with Gasteiger partial charge in [0, 0.05) is 186 Å². The van der Waals surface area contributed by atoms with Crippen LogP contribution in [0.15, 0.2) is 328 Å². The Morgan fingerprint density at radius 2 is 0.524 bits per heavy atom. The molecule has 5 aromatic heterocycles. The van der Waals surface area contributed by atoms with E-state index in [0.717, 1.165) is 0 Å². The van der Waals surface area contributed by atoms with Crippen LogP contribution in [-0.2, 0) is 33.0 Å². The number of nitrogens with zero attached hydrogens (tertiary/aromatic N) is 9. The Balaban J connectivity index is 0.000000146. The highest BCUT2D eigenvalue weighted by Crippen LogP contribution is 2.48. The van der Waals surface area contributed by atoms with Crippen LogP contribution in [0.5, 0.6) is 0 Å². The van der Waals surface area contributed by atoms with Gasteiger partial charge in [0.1, 0.15) is 0 Å². The molecule has 0 amide bonds. The van der Waals surface area contributed by atoms with Crippen molar-refractivity contribution in [1.29, 1.82) is 0 Å². The quantitative estimate of drug-likeness (QED) is 0.129. The van der Waals surface area contributed by atoms with Gasteiger partial charge in [0.25, 0.3) is 0 Å². The maximum atomic E-state index is 2.68. The second kappa shape index (κ2) is 45.4. The molecule has 0 aliphatic carbocycles. The lowest BCUT2D eigenvalue weighted by Gasteiger charge is -2.55. The summed E-state index contributed by atoms with van der Waals surface area (Å²) in [5.41, 5.74) is 27.0. The van der Waals surface area contributed by atoms with Crippen molar-refractivity contribution < 1.29 is 0 Å². The number of likely N-dealkylation sites (tertiary alicyclic amines) is 1. The van der Waals surface area contributed by atoms with E-state index in [0.29, 0.717) is 47.3 Å². The van der Waals surface area contributed by atoms with Gasteiger partial charge in [0.15, 0.2) is 0 Å². The van der Waals surface area contributed by atoms with E-state index in [1.54, 1.807) is 0 Å². The van der Waals surface area contributed by atoms with E-state index in [4.69, 9.17) is 0 Å². The van der Waals surface area contributed by atoms with Crippen LogP contribution in [0.1, 0.15) is 266 Å². The summed E-state index contributed by atoms with van der Waals surface area (Å²) in [5, 5.41) is 13.3. The van der Waals surface area contributed by atoms with Gasteiger partial charge in [-0.15, -0.1) is 0 Å². The number of para-hydroxylation sites is 8. The van der Waals surface area contributed by atoms with Crippen LogP contribution in [0.3, 0.4) is 0 Å². The van der Waals surface area contributed by atoms with Gasteiger partial charge in [-0.3, -0.25) is 9.80 Å². The largest absolute Gasteiger partial charge is 0.372 e. The van der Waals surface area contributed by atoms with E-state index in [1.165, 1.54) is 184 Å². The maximum absolute atomic E-state index is 2.68. The number of aromatic nitrogens is 5. The Labute approximate surface area is 885 Å². The summed E-state index contributed by atoms with van der Waals surface area (Å²) in [4.78, 5) is 9.60. The second-order valence-electron chi connectivity index (χ2n) is 50.1. The number of anilines is 1. The van der Waals surface area contributed by atoms with E-state index in [1.807, 2.05) is 6.07 Å². The third-order valence-corrected chi connectivity index (χ3v) is 29.6. The average molecular weight is 1960 g/mol. The van der Waals surface area contributed by atoms with E-state index < -0.39 is 0 Å². The van der Waals surface area contributed by atoms with Gasteiger partial charge in [-0.1, -0.05) is 290 Å². The summed E-state index contributed by atoms with van der Waals surface area (Å²) < 4.78 is 12.4. The first kappa shape index (κ1) is 112. The molecule has 9 heteroatoms. The number of fused-ring (bicyclic) bond motifs is 15. The van der Waals surface area contributed by atoms with Gasteiger partial charge in [-0.05, 0) is 345 Å². The molecule has 0 spiro atoms. The van der Waals surface area contributed by atoms with Crippen LogP contribution in [0.25, 0.3) is 148 Å². The van der Waals surface area contributed by atoms with Gasteiger partial charge in [0.05, 0.1) is 27.6 Å². The summed E-state index contributed by atoms with van der Waals surface area (Å²) >= 11 is 0. The molecule has 0 radical (unpaired) electrons. The summed E-state index contributed by atoms with van der Waals surface area (Å²) in [7, 11) is 6.26. The molecule has 1 aliphatic rings. The van der Waals surface area contributed by atoms with Crippen LogP contribution < -0.4 is 4.90 Å². The van der Waals surface area contributed by atoms with Crippen molar-refractivity contribution in [3.8, 4) is 39.1 Å². The summed E-state index contributed by atoms with van der Waals surface area (Å²) in [6, 6.07) is 122. The molecule has 0 saturated carbocycles. The Kier molecular flexibility index (Phi) is 34.6. The van der Waals surface area contributed by atoms with Gasteiger partial charge in [-0.2, -0.15) is 0 Å². The Bertz CT molecular complexity index is 7340. The highest BCUT2D eigenvalue weighted by atomic mass is 15.3. The van der Waals surface area contributed by atoms with E-state index in [9.17, 15) is 0 Å². The second-order valence-corrected chi connectivity index (χ2v) is 50.1. The normalized spacial score (nSPS) is 13.7. The Morgan fingerprint density at radius 1 is 0.252 bits per heavy atom. The number of hydrogen-bond donors (Lipinski definition) is 0. The van der Waals surface area contributed by atoms with Crippen LogP contribution in [0.2, 0.25) is 0 Å². The van der Waals surface area contributed by atoms with Crippen molar-refractivity contribution in [3.05, 3.63) is 339 Å². The van der Waals surface area contributed by atoms with E-state index in [-0.39, 0.29) is 33.0 Å². The van der Waals surface area contributed by atoms with Crippen LogP contribution in [-0.4, -0.2) is 106 Å². The summed E-state index contributed by atoms with van der Waals surface area (Å²) in [6.45, 7) is 77.6. The first-order valence-electron chi connectivity index (χ1n) is 54.4. The first-order valence-corrected chi connectivity index (χ1v) is 54.4. The fourth-order valence-corrected chi connectivity index (χ4v) is 22.9. The zero-order chi connectivity index (χ0) is 107. The smallest absolute Gasteiger partial charge is 0.0576 e. The molecule has 9 nitrogen and oxygen atoms in total. The molecule has 1 saturated heterocycles. The minimum Gasteiger partial charge on any atom is -0.372 e. The number of benzene rings is 14. The summed E-state index contributed by atoms with van der Waals surface area (Å²) in [6.07, 6.45) is 4.06. The standard InChI is InChI=1S/C28H24N2.C28H25N.C24H33N.C22H21N.C12H25N.C10H15N.C9H21N.C5H13N/c1-28(2,3)30-26-15-9-6-12-22(26)23-18-19(16-17-27(23)30)29-24-13-7-4-10-20(24)21-11-5-8-14-25(21)29;1-28(2,3)29-26-22(20-12-6-4-7-13-20)16-10-18-24(26)25-19-11-17-23(27(25)29)21-14-8-5-9-15-21;1-22(2,3)16-10-12-20-18(14-16)19-15-17(23(4,5)6)11-13-21(19)25(20)24(7,8)9;1-22(2,3)23-20-15-8-7-12-18(20)19-14-9-13-17(21(19)23)16-10-5-4-6-11-16;1-10(2)13-11(3,4)8-7-9-12(13,5)6;1-9(2)11(3)10-7-5-4-6-8-10;1-7(2)10(8(3)4)9(5)6;1-5(2)6(3)4/h4-18H,1-3H3;4-19H,1-3H3;10-15H,1-9H3;4-15H,1-3H3;10H,7-9H2,1-6H3;4-9H,1-3H3;7-9H,1-6H3;5H,1-4H3. The first-order chi connectivity index (χ1) is 69.1. The highest BCUT2D eigenvalue weighted by molar-refractivity contribution is 6.18. The Morgan fingerprint density at radius 3 is 0.830 bits per heavy atom. The van der Waals surface area contributed by atoms with Crippen molar-refractivity contribution in [2.75, 3.05) is 26.0 Å². The monoisotopic (exact) mass is 1960 g/mol. The molecule has 0 N–H and O–H groups in total. The maximum Gasteiger partial charge on any atom is 0.0576 e. The fraction of sp³-hybridized carbons (Fsp3) is 0.391. The molecule has 14 aromatic carbocycles. The molecule has 19 aromatic rings. The molecule has 1 fully saturated rings. The van der Waals surface area contributed by atoms with Crippen LogP contribution in [0, 0.1) is 0 Å². The molecule has 0 unspecified atom stereocenters. The van der Waals surface area contributed by atoms with Crippen molar-refractivity contribution >= 4 is 115 Å². The summed E-state index contributed by atoms with van der Waals surface area (Å²) in [5.74, 6) is 0. The molecule has 147 heavy (non-hydrogen) atoms. The van der Waals surface area contributed by atoms with E-state index in [2.05, 4.69) is 621 Å². The van der Waals surface area contributed by atoms with Crippen molar-refractivity contribution in [2.24, 2.45) is 0 Å².